The Kier molecular flexibility index (Phi) is 11.1. The summed E-state index contributed by atoms with van der Waals surface area (Å²) in [7, 11) is -3.89. The number of sulfonamides is 1. The van der Waals surface area contributed by atoms with E-state index in [2.05, 4.69) is 15.4 Å². The fourth-order valence-corrected chi connectivity index (χ4v) is 10.7. The second-order valence-electron chi connectivity index (χ2n) is 16.2. The minimum Gasteiger partial charge on any atom is -0.472 e. The third-order valence-electron chi connectivity index (χ3n) is 11.9. The standard InChI is InChI=1S/C44H46FN7O6S2/c45-30-19-17-27(18-20-30)36-26-59-43(48-36)47-35-16-8-3-1-2-7-13-29-24-44(29,42(55)51-60(56,57)32-21-22-32)50-39(53)37-23-31(25-52(37)41(35)54)58-40-33-14-9-10-15-34(33)46-38(49-40)28-11-5-4-6-12-28/h4-7,9-15,17-20,29,31-32,35-37H,1-3,8,16,21-26H2,(H,47,48)(H,50,53)(H,51,55)/b13-7-/t29-,31-,35+,36?,37+,44-/m1/s1. The lowest BCUT2D eigenvalue weighted by atomic mass is 10.0. The van der Waals surface area contributed by atoms with E-state index in [1.54, 1.807) is 12.1 Å². The highest BCUT2D eigenvalue weighted by atomic mass is 32.2. The van der Waals surface area contributed by atoms with E-state index in [-0.39, 0.29) is 37.2 Å². The number of carbonyl (C=O) groups excluding carboxylic acids is 3. The van der Waals surface area contributed by atoms with Gasteiger partial charge in [0.2, 0.25) is 27.7 Å². The van der Waals surface area contributed by atoms with Crippen molar-refractivity contribution in [2.75, 3.05) is 12.3 Å². The Morgan fingerprint density at radius 3 is 2.53 bits per heavy atom. The van der Waals surface area contributed by atoms with Gasteiger partial charge in [0.05, 0.1) is 28.7 Å². The van der Waals surface area contributed by atoms with Crippen LogP contribution in [-0.4, -0.2) is 87.4 Å². The molecule has 3 fully saturated rings. The number of halogens is 1. The lowest BCUT2D eigenvalue weighted by Crippen LogP contribution is -2.58. The Morgan fingerprint density at radius 2 is 1.73 bits per heavy atom. The highest BCUT2D eigenvalue weighted by molar-refractivity contribution is 8.14. The van der Waals surface area contributed by atoms with Crippen LogP contribution in [-0.2, 0) is 24.4 Å². The molecular formula is C44H46FN7O6S2. The summed E-state index contributed by atoms with van der Waals surface area (Å²) in [4.78, 5) is 59.5. The van der Waals surface area contributed by atoms with Crippen molar-refractivity contribution in [2.45, 2.75) is 92.8 Å². The third-order valence-corrected chi connectivity index (χ3v) is 14.7. The molecule has 3 aliphatic heterocycles. The number of fused-ring (bicyclic) bond motifs is 3. The van der Waals surface area contributed by atoms with Crippen molar-refractivity contribution in [3.05, 3.63) is 102 Å². The summed E-state index contributed by atoms with van der Waals surface area (Å²) in [6.07, 6.45) is 8.09. The van der Waals surface area contributed by atoms with Crippen LogP contribution in [0.3, 0.4) is 0 Å². The lowest BCUT2D eigenvalue weighted by Gasteiger charge is -2.30. The molecule has 4 aromatic rings. The lowest BCUT2D eigenvalue weighted by molar-refractivity contribution is -0.141. The first-order valence-electron chi connectivity index (χ1n) is 20.6. The molecule has 312 valence electrons. The monoisotopic (exact) mass is 851 g/mol. The van der Waals surface area contributed by atoms with Crippen LogP contribution in [0.25, 0.3) is 22.3 Å². The van der Waals surface area contributed by atoms with Gasteiger partial charge in [-0.05, 0) is 68.4 Å². The molecule has 6 atom stereocenters. The topological polar surface area (TPSA) is 172 Å². The smallest absolute Gasteiger partial charge is 0.259 e. The molecule has 0 radical (unpaired) electrons. The molecule has 3 aromatic carbocycles. The van der Waals surface area contributed by atoms with E-state index in [9.17, 15) is 27.2 Å². The van der Waals surface area contributed by atoms with Crippen molar-refractivity contribution in [3.63, 3.8) is 0 Å². The predicted octanol–water partition coefficient (Wildman–Crippen LogP) is 5.59. The van der Waals surface area contributed by atoms with Crippen molar-refractivity contribution in [3.8, 4) is 17.3 Å². The van der Waals surface area contributed by atoms with Crippen LogP contribution in [0, 0.1) is 11.7 Å². The summed E-state index contributed by atoms with van der Waals surface area (Å²) in [6, 6.07) is 21.3. The molecule has 1 saturated heterocycles. The predicted molar refractivity (Wildman–Crippen MR) is 227 cm³/mol. The zero-order chi connectivity index (χ0) is 41.4. The first-order valence-corrected chi connectivity index (χ1v) is 23.2. The Balaban J connectivity index is 1.03. The zero-order valence-electron chi connectivity index (χ0n) is 32.8. The number of ether oxygens (including phenoxy) is 1. The van der Waals surface area contributed by atoms with E-state index < -0.39 is 56.7 Å². The van der Waals surface area contributed by atoms with Gasteiger partial charge in [0.1, 0.15) is 29.5 Å². The average Bonchev–Trinajstić information content (AvgIpc) is 4.14. The number of carbonyl (C=O) groups is 3. The highest BCUT2D eigenvalue weighted by Gasteiger charge is 2.62. The number of thioether (sulfide) groups is 1. The average molecular weight is 852 g/mol. The number of aromatic nitrogens is 2. The molecular weight excluding hydrogens is 806 g/mol. The number of amides is 3. The van der Waals surface area contributed by atoms with E-state index >= 15 is 0 Å². The molecule has 0 bridgehead atoms. The molecule has 3 N–H and O–H groups in total. The number of rotatable bonds is 8. The van der Waals surface area contributed by atoms with Crippen LogP contribution >= 0.6 is 11.8 Å². The molecule has 0 spiro atoms. The number of hydrogen-bond donors (Lipinski definition) is 3. The van der Waals surface area contributed by atoms with Gasteiger partial charge < -0.3 is 20.3 Å². The second kappa shape index (κ2) is 16.6. The van der Waals surface area contributed by atoms with E-state index in [0.29, 0.717) is 52.8 Å². The van der Waals surface area contributed by atoms with Gasteiger partial charge in [-0.25, -0.2) is 17.8 Å². The molecule has 2 saturated carbocycles. The van der Waals surface area contributed by atoms with Gasteiger partial charge in [0, 0.05) is 23.7 Å². The maximum Gasteiger partial charge on any atom is 0.259 e. The summed E-state index contributed by atoms with van der Waals surface area (Å²) in [6.45, 7) is 0.0461. The van der Waals surface area contributed by atoms with E-state index in [0.717, 1.165) is 36.8 Å². The Labute approximate surface area is 352 Å². The first-order chi connectivity index (χ1) is 29.1. The zero-order valence-corrected chi connectivity index (χ0v) is 34.5. The minimum absolute atomic E-state index is 0.0461. The van der Waals surface area contributed by atoms with Crippen molar-refractivity contribution in [1.82, 2.24) is 30.2 Å². The van der Waals surface area contributed by atoms with Crippen LogP contribution in [0.4, 0.5) is 4.39 Å². The van der Waals surface area contributed by atoms with E-state index in [1.807, 2.05) is 66.7 Å². The fourth-order valence-electron chi connectivity index (χ4n) is 8.32. The van der Waals surface area contributed by atoms with Crippen LogP contribution < -0.4 is 20.1 Å². The molecule has 2 aliphatic carbocycles. The van der Waals surface area contributed by atoms with Crippen LogP contribution in [0.2, 0.25) is 0 Å². The fraction of sp³-hybridized carbons (Fsp3) is 0.409. The van der Waals surface area contributed by atoms with Gasteiger partial charge >= 0.3 is 0 Å². The maximum absolute atomic E-state index is 14.9. The van der Waals surface area contributed by atoms with Gasteiger partial charge in [-0.15, -0.1) is 0 Å². The number of aliphatic imine (C=N–C) groups is 1. The summed E-state index contributed by atoms with van der Waals surface area (Å²) in [5.41, 5.74) is 0.847. The van der Waals surface area contributed by atoms with Crippen LogP contribution in [0.5, 0.6) is 5.88 Å². The molecule has 4 heterocycles. The molecule has 60 heavy (non-hydrogen) atoms. The van der Waals surface area contributed by atoms with Crippen molar-refractivity contribution < 1.29 is 31.9 Å². The Hall–Kier alpha value is -5.35. The van der Waals surface area contributed by atoms with Crippen LogP contribution in [0.15, 0.2) is 96.0 Å². The first kappa shape index (κ1) is 40.1. The molecule has 1 aromatic heterocycles. The normalized spacial score (nSPS) is 27.7. The van der Waals surface area contributed by atoms with Gasteiger partial charge in [0.15, 0.2) is 11.0 Å². The third kappa shape index (κ3) is 8.49. The number of nitrogens with one attached hydrogen (secondary N) is 3. The second-order valence-corrected chi connectivity index (χ2v) is 19.2. The number of nitrogens with zero attached hydrogens (tertiary/aromatic N) is 4. The Morgan fingerprint density at radius 1 is 0.950 bits per heavy atom. The van der Waals surface area contributed by atoms with Crippen LogP contribution in [0.1, 0.15) is 69.4 Å². The number of hydrogen-bond acceptors (Lipinski definition) is 11. The largest absolute Gasteiger partial charge is 0.472 e. The highest BCUT2D eigenvalue weighted by Crippen LogP contribution is 2.46. The molecule has 16 heteroatoms. The minimum atomic E-state index is -3.89. The molecule has 13 nitrogen and oxygen atoms in total. The van der Waals surface area contributed by atoms with E-state index in [4.69, 9.17) is 19.7 Å². The van der Waals surface area contributed by atoms with E-state index in [1.165, 1.54) is 28.8 Å². The summed E-state index contributed by atoms with van der Waals surface area (Å²) in [5, 5.41) is 7.00. The van der Waals surface area contributed by atoms with Crippen molar-refractivity contribution in [1.29, 1.82) is 0 Å². The van der Waals surface area contributed by atoms with Crippen molar-refractivity contribution in [2.24, 2.45) is 10.9 Å². The molecule has 5 aliphatic rings. The summed E-state index contributed by atoms with van der Waals surface area (Å²) in [5.74, 6) is -1.00. The Bertz CT molecular complexity index is 2470. The van der Waals surface area contributed by atoms with Gasteiger partial charge in [-0.3, -0.25) is 24.1 Å². The SMILES string of the molecule is O=C1N[C@]2(C(=O)NS(=O)(=O)C3CC3)C[C@H]2/C=C\CCCCC[C@H](NC2=NC(c3ccc(F)cc3)CS2)C(=O)N2C[C@H](Oc3nc(-c4ccccc4)nc4ccccc34)C[C@@H]12. The van der Waals surface area contributed by atoms with Gasteiger partial charge in [0.25, 0.3) is 5.91 Å². The van der Waals surface area contributed by atoms with Gasteiger partial charge in [-0.2, -0.15) is 4.98 Å². The number of allylic oxidation sites excluding steroid dienone is 1. The maximum atomic E-state index is 14.9. The summed E-state index contributed by atoms with van der Waals surface area (Å²) < 4.78 is 48.5. The number of benzene rings is 3. The molecule has 3 amide bonds. The summed E-state index contributed by atoms with van der Waals surface area (Å²) >= 11 is 1.48. The quantitative estimate of drug-likeness (QED) is 0.190. The molecule has 9 rings (SSSR count). The molecule has 1 unspecified atom stereocenters. The number of para-hydroxylation sites is 1. The number of amidine groups is 1. The van der Waals surface area contributed by atoms with Crippen molar-refractivity contribution >= 4 is 55.6 Å². The van der Waals surface area contributed by atoms with Gasteiger partial charge in [-0.1, -0.05) is 91.4 Å².